The van der Waals surface area contributed by atoms with Crippen LogP contribution in [0.4, 0.5) is 5.69 Å². The van der Waals surface area contributed by atoms with Crippen LogP contribution in [0.3, 0.4) is 0 Å². The van der Waals surface area contributed by atoms with Crippen molar-refractivity contribution in [1.29, 1.82) is 10.5 Å². The van der Waals surface area contributed by atoms with Crippen LogP contribution in [0, 0.1) is 22.0 Å². The summed E-state index contributed by atoms with van der Waals surface area (Å²) in [6.45, 7) is 0. The van der Waals surface area contributed by atoms with Crippen molar-refractivity contribution < 1.29 is 0 Å². The summed E-state index contributed by atoms with van der Waals surface area (Å²) in [5, 5.41) is 21.3. The molecule has 0 saturated carbocycles. The van der Waals surface area contributed by atoms with Crippen molar-refractivity contribution in [1.82, 2.24) is 0 Å². The summed E-state index contributed by atoms with van der Waals surface area (Å²) in [6.07, 6.45) is 0. The molecule has 2 aromatic carbocycles. The molecule has 0 aliphatic heterocycles. The number of nitrogens with two attached hydrogens (primary N) is 1. The van der Waals surface area contributed by atoms with Crippen molar-refractivity contribution in [2.45, 2.75) is 4.90 Å². The van der Waals surface area contributed by atoms with Gasteiger partial charge >= 0.3 is 0 Å². The number of nitriles is 2. The highest BCUT2D eigenvalue weighted by Crippen LogP contribution is 2.33. The normalized spacial score (nSPS) is 9.62. The van der Waals surface area contributed by atoms with E-state index in [0.717, 1.165) is 27.4 Å². The van der Waals surface area contributed by atoms with Crippen molar-refractivity contribution in [3.63, 3.8) is 0 Å². The maximum atomic E-state index is 9.04. The smallest absolute Gasteiger partial charge is 0.138 e. The van der Waals surface area contributed by atoms with Gasteiger partial charge in [-0.15, -0.1) is 0 Å². The topological polar surface area (TPSA) is 73.6 Å². The zero-order valence-electron chi connectivity index (χ0n) is 8.27. The van der Waals surface area contributed by atoms with E-state index in [1.165, 1.54) is 0 Å². The molecule has 0 aliphatic carbocycles. The van der Waals surface area contributed by atoms with Crippen LogP contribution in [0.25, 0.3) is 10.8 Å². The largest absolute Gasteiger partial charge is 0.398 e. The molecular weight excluding hydrogens is 218 g/mol. The SMILES string of the molecule is N#CSc1ccc(N)c2cccc(C#N)c12. The summed E-state index contributed by atoms with van der Waals surface area (Å²) in [7, 11) is 0. The van der Waals surface area contributed by atoms with Gasteiger partial charge in [0.15, 0.2) is 0 Å². The minimum absolute atomic E-state index is 0.544. The summed E-state index contributed by atoms with van der Waals surface area (Å²) < 4.78 is 0. The molecule has 2 N–H and O–H groups in total. The highest BCUT2D eigenvalue weighted by Gasteiger charge is 2.08. The summed E-state index contributed by atoms with van der Waals surface area (Å²) in [5.74, 6) is 0. The third-order valence-corrected chi connectivity index (χ3v) is 2.96. The minimum atomic E-state index is 0.544. The van der Waals surface area contributed by atoms with Crippen molar-refractivity contribution >= 4 is 28.2 Å². The second-order valence-electron chi connectivity index (χ2n) is 3.19. The molecule has 0 aliphatic rings. The Bertz CT molecular complexity index is 635. The van der Waals surface area contributed by atoms with Crippen LogP contribution in [0.15, 0.2) is 35.2 Å². The van der Waals surface area contributed by atoms with Crippen molar-refractivity contribution in [2.24, 2.45) is 0 Å². The van der Waals surface area contributed by atoms with Crippen molar-refractivity contribution in [2.75, 3.05) is 5.73 Å². The number of fused-ring (bicyclic) bond motifs is 1. The van der Waals surface area contributed by atoms with E-state index in [1.807, 2.05) is 11.5 Å². The Hall–Kier alpha value is -2.17. The average Bonchev–Trinajstić information content (AvgIpc) is 2.32. The van der Waals surface area contributed by atoms with Crippen LogP contribution in [-0.2, 0) is 0 Å². The Kier molecular flexibility index (Phi) is 2.68. The lowest BCUT2D eigenvalue weighted by molar-refractivity contribution is 1.47. The Morgan fingerprint density at radius 3 is 2.62 bits per heavy atom. The zero-order valence-corrected chi connectivity index (χ0v) is 9.08. The number of nitrogen functional groups attached to an aromatic ring is 1. The average molecular weight is 225 g/mol. The summed E-state index contributed by atoms with van der Waals surface area (Å²) in [5.41, 5.74) is 7.01. The molecule has 4 heteroatoms. The lowest BCUT2D eigenvalue weighted by atomic mass is 10.0. The summed E-state index contributed by atoms with van der Waals surface area (Å²) >= 11 is 1.04. The van der Waals surface area contributed by atoms with E-state index in [0.29, 0.717) is 11.3 Å². The number of hydrogen-bond acceptors (Lipinski definition) is 4. The fourth-order valence-corrected chi connectivity index (χ4v) is 2.18. The third-order valence-electron chi connectivity index (χ3n) is 2.31. The molecule has 0 unspecified atom stereocenters. The molecule has 3 nitrogen and oxygen atoms in total. The van der Waals surface area contributed by atoms with Gasteiger partial charge in [0.25, 0.3) is 0 Å². The third kappa shape index (κ3) is 1.56. The number of rotatable bonds is 1. The molecule has 76 valence electrons. The molecular formula is C12H7N3S. The van der Waals surface area contributed by atoms with Crippen LogP contribution in [-0.4, -0.2) is 0 Å². The van der Waals surface area contributed by atoms with Crippen LogP contribution < -0.4 is 5.73 Å². The van der Waals surface area contributed by atoms with E-state index in [1.54, 1.807) is 24.3 Å². The van der Waals surface area contributed by atoms with E-state index in [-0.39, 0.29) is 0 Å². The standard InChI is InChI=1S/C12H7N3S/c13-6-8-2-1-3-9-10(15)4-5-11(12(8)9)16-7-14/h1-5H,15H2. The van der Waals surface area contributed by atoms with E-state index in [9.17, 15) is 0 Å². The fourth-order valence-electron chi connectivity index (χ4n) is 1.62. The van der Waals surface area contributed by atoms with Gasteiger partial charge in [-0.1, -0.05) is 12.1 Å². The van der Waals surface area contributed by atoms with Crippen LogP contribution in [0.1, 0.15) is 5.56 Å². The van der Waals surface area contributed by atoms with Gasteiger partial charge < -0.3 is 5.73 Å². The summed E-state index contributed by atoms with van der Waals surface area (Å²) in [6, 6.07) is 11.0. The van der Waals surface area contributed by atoms with E-state index >= 15 is 0 Å². The molecule has 0 atom stereocenters. The molecule has 0 saturated heterocycles. The lowest BCUT2D eigenvalue weighted by Crippen LogP contribution is -1.90. The van der Waals surface area contributed by atoms with E-state index < -0.39 is 0 Å². The Morgan fingerprint density at radius 2 is 1.94 bits per heavy atom. The Morgan fingerprint density at radius 1 is 1.12 bits per heavy atom. The first-order valence-electron chi connectivity index (χ1n) is 4.55. The van der Waals surface area contributed by atoms with Crippen molar-refractivity contribution in [3.8, 4) is 11.5 Å². The number of benzene rings is 2. The molecule has 0 fully saturated rings. The maximum absolute atomic E-state index is 9.04. The molecule has 0 amide bonds. The van der Waals surface area contributed by atoms with Gasteiger partial charge in [-0.25, -0.2) is 0 Å². The van der Waals surface area contributed by atoms with Gasteiger partial charge in [0, 0.05) is 21.4 Å². The number of hydrogen-bond donors (Lipinski definition) is 1. The monoisotopic (exact) mass is 225 g/mol. The zero-order chi connectivity index (χ0) is 11.5. The quantitative estimate of drug-likeness (QED) is 0.460. The first-order valence-corrected chi connectivity index (χ1v) is 5.37. The first kappa shape index (κ1) is 10.4. The van der Waals surface area contributed by atoms with Crippen LogP contribution in [0.2, 0.25) is 0 Å². The molecule has 16 heavy (non-hydrogen) atoms. The minimum Gasteiger partial charge on any atom is -0.398 e. The Balaban J connectivity index is 2.90. The Labute approximate surface area is 97.1 Å². The molecule has 0 radical (unpaired) electrons. The van der Waals surface area contributed by atoms with E-state index in [4.69, 9.17) is 16.3 Å². The van der Waals surface area contributed by atoms with Gasteiger partial charge in [0.1, 0.15) is 5.40 Å². The van der Waals surface area contributed by atoms with Crippen LogP contribution in [0.5, 0.6) is 0 Å². The highest BCUT2D eigenvalue weighted by atomic mass is 32.2. The maximum Gasteiger partial charge on any atom is 0.138 e. The lowest BCUT2D eigenvalue weighted by Gasteiger charge is -2.06. The van der Waals surface area contributed by atoms with Gasteiger partial charge in [0.05, 0.1) is 11.6 Å². The number of thiocyanates is 1. The number of thioether (sulfide) groups is 1. The molecule has 0 heterocycles. The van der Waals surface area contributed by atoms with Gasteiger partial charge in [0.2, 0.25) is 0 Å². The number of nitrogens with zero attached hydrogens (tertiary/aromatic N) is 2. The predicted molar refractivity (Wildman–Crippen MR) is 64.5 cm³/mol. The van der Waals surface area contributed by atoms with Crippen LogP contribution >= 0.6 is 11.8 Å². The van der Waals surface area contributed by atoms with Gasteiger partial charge in [-0.05, 0) is 30.0 Å². The van der Waals surface area contributed by atoms with Gasteiger partial charge in [-0.3, -0.25) is 0 Å². The summed E-state index contributed by atoms with van der Waals surface area (Å²) in [4.78, 5) is 0.767. The van der Waals surface area contributed by atoms with E-state index in [2.05, 4.69) is 6.07 Å². The highest BCUT2D eigenvalue weighted by molar-refractivity contribution is 8.04. The van der Waals surface area contributed by atoms with Crippen molar-refractivity contribution in [3.05, 3.63) is 35.9 Å². The second kappa shape index (κ2) is 4.14. The molecule has 2 aromatic rings. The predicted octanol–water partition coefficient (Wildman–Crippen LogP) is 2.87. The molecule has 2 rings (SSSR count). The molecule has 0 aromatic heterocycles. The molecule has 0 spiro atoms. The number of anilines is 1. The first-order chi connectivity index (χ1) is 7.77. The van der Waals surface area contributed by atoms with Gasteiger partial charge in [-0.2, -0.15) is 10.5 Å². The fraction of sp³-hybridized carbons (Fsp3) is 0. The molecule has 0 bridgehead atoms. The second-order valence-corrected chi connectivity index (χ2v) is 4.01.